The molecule has 0 aliphatic carbocycles. The van der Waals surface area contributed by atoms with Crippen molar-refractivity contribution in [2.45, 2.75) is 25.1 Å². The summed E-state index contributed by atoms with van der Waals surface area (Å²) in [6.07, 6.45) is -3.95. The summed E-state index contributed by atoms with van der Waals surface area (Å²) in [5, 5.41) is 0. The molecular weight excluding hydrogens is 236 g/mol. The lowest BCUT2D eigenvalue weighted by atomic mass is 9.96. The van der Waals surface area contributed by atoms with Gasteiger partial charge in [-0.3, -0.25) is 0 Å². The first-order valence-corrected chi connectivity index (χ1v) is 5.19. The summed E-state index contributed by atoms with van der Waals surface area (Å²) in [4.78, 5) is 0. The molecule has 6 heteroatoms. The van der Waals surface area contributed by atoms with Crippen molar-refractivity contribution in [2.24, 2.45) is 11.5 Å². The standard InChI is InChI=1S/C11H14F4N2/c12-8-4-1-3-7(9(17)5-2-6-16)10(8)11(13,14)15/h1,3-4,9H,2,5-6,16-17H2/t9-/m0/s1. The Morgan fingerprint density at radius 3 is 2.41 bits per heavy atom. The topological polar surface area (TPSA) is 52.0 Å². The van der Waals surface area contributed by atoms with E-state index in [1.165, 1.54) is 12.1 Å². The summed E-state index contributed by atoms with van der Waals surface area (Å²) in [5.74, 6) is -1.29. The van der Waals surface area contributed by atoms with Crippen molar-refractivity contribution in [1.29, 1.82) is 0 Å². The Kier molecular flexibility index (Phi) is 4.47. The third-order valence-electron chi connectivity index (χ3n) is 2.45. The molecule has 0 saturated carbocycles. The fourth-order valence-corrected chi connectivity index (χ4v) is 1.64. The van der Waals surface area contributed by atoms with Crippen LogP contribution in [0.5, 0.6) is 0 Å². The lowest BCUT2D eigenvalue weighted by Crippen LogP contribution is -2.20. The first-order valence-electron chi connectivity index (χ1n) is 5.19. The number of alkyl halides is 3. The molecule has 1 aromatic carbocycles. The second-order valence-electron chi connectivity index (χ2n) is 3.74. The predicted octanol–water partition coefficient (Wildman–Crippen LogP) is 2.58. The number of nitrogens with two attached hydrogens (primary N) is 2. The van der Waals surface area contributed by atoms with Crippen LogP contribution in [0, 0.1) is 5.82 Å². The van der Waals surface area contributed by atoms with Gasteiger partial charge < -0.3 is 11.5 Å². The van der Waals surface area contributed by atoms with E-state index in [2.05, 4.69) is 0 Å². The minimum atomic E-state index is -4.74. The van der Waals surface area contributed by atoms with E-state index in [9.17, 15) is 17.6 Å². The molecule has 17 heavy (non-hydrogen) atoms. The Morgan fingerprint density at radius 1 is 1.24 bits per heavy atom. The largest absolute Gasteiger partial charge is 0.419 e. The van der Waals surface area contributed by atoms with E-state index < -0.39 is 23.6 Å². The summed E-state index contributed by atoms with van der Waals surface area (Å²) in [6, 6.07) is 2.35. The number of rotatable bonds is 4. The molecule has 0 heterocycles. The van der Waals surface area contributed by atoms with Gasteiger partial charge in [0.15, 0.2) is 0 Å². The highest BCUT2D eigenvalue weighted by atomic mass is 19.4. The predicted molar refractivity (Wildman–Crippen MR) is 56.6 cm³/mol. The van der Waals surface area contributed by atoms with Gasteiger partial charge in [0.1, 0.15) is 5.82 Å². The molecule has 0 unspecified atom stereocenters. The number of halogens is 4. The van der Waals surface area contributed by atoms with Gasteiger partial charge >= 0.3 is 6.18 Å². The summed E-state index contributed by atoms with van der Waals surface area (Å²) in [6.45, 7) is 0.338. The molecule has 0 amide bonds. The van der Waals surface area contributed by atoms with Gasteiger partial charge in [-0.2, -0.15) is 13.2 Å². The van der Waals surface area contributed by atoms with Crippen LogP contribution in [0.4, 0.5) is 17.6 Å². The van der Waals surface area contributed by atoms with Crippen LogP contribution in [-0.4, -0.2) is 6.54 Å². The quantitative estimate of drug-likeness (QED) is 0.807. The van der Waals surface area contributed by atoms with Crippen LogP contribution in [0.25, 0.3) is 0 Å². The van der Waals surface area contributed by atoms with Gasteiger partial charge in [0, 0.05) is 6.04 Å². The molecule has 4 N–H and O–H groups in total. The normalized spacial score (nSPS) is 13.8. The Bertz CT molecular complexity index is 376. The molecule has 0 spiro atoms. The minimum Gasteiger partial charge on any atom is -0.330 e. The Balaban J connectivity index is 3.11. The average Bonchev–Trinajstić information content (AvgIpc) is 2.23. The van der Waals surface area contributed by atoms with Gasteiger partial charge in [-0.25, -0.2) is 4.39 Å². The molecule has 1 atom stereocenters. The fourth-order valence-electron chi connectivity index (χ4n) is 1.64. The van der Waals surface area contributed by atoms with Crippen molar-refractivity contribution in [1.82, 2.24) is 0 Å². The van der Waals surface area contributed by atoms with E-state index in [0.29, 0.717) is 19.4 Å². The Hall–Kier alpha value is -1.14. The second kappa shape index (κ2) is 5.46. The first-order chi connectivity index (χ1) is 7.88. The Morgan fingerprint density at radius 2 is 1.88 bits per heavy atom. The van der Waals surface area contributed by atoms with Gasteiger partial charge in [-0.1, -0.05) is 12.1 Å². The SMILES string of the molecule is NCCC[C@H](N)c1cccc(F)c1C(F)(F)F. The van der Waals surface area contributed by atoms with Crippen LogP contribution < -0.4 is 11.5 Å². The molecule has 0 aliphatic heterocycles. The van der Waals surface area contributed by atoms with Gasteiger partial charge in [0.25, 0.3) is 0 Å². The van der Waals surface area contributed by atoms with Crippen molar-refractivity contribution in [2.75, 3.05) is 6.54 Å². The molecular formula is C11H14F4N2. The maximum atomic E-state index is 13.2. The van der Waals surface area contributed by atoms with Crippen molar-refractivity contribution in [3.05, 3.63) is 35.1 Å². The zero-order valence-corrected chi connectivity index (χ0v) is 9.10. The van der Waals surface area contributed by atoms with E-state index >= 15 is 0 Å². The third kappa shape index (κ3) is 3.41. The summed E-state index contributed by atoms with van der Waals surface area (Å²) in [5.41, 5.74) is 9.39. The highest BCUT2D eigenvalue weighted by molar-refractivity contribution is 5.33. The van der Waals surface area contributed by atoms with Gasteiger partial charge in [-0.15, -0.1) is 0 Å². The van der Waals surface area contributed by atoms with Crippen LogP contribution in [0.2, 0.25) is 0 Å². The zero-order chi connectivity index (χ0) is 13.1. The van der Waals surface area contributed by atoms with Crippen molar-refractivity contribution < 1.29 is 17.6 Å². The van der Waals surface area contributed by atoms with Gasteiger partial charge in [0.05, 0.1) is 5.56 Å². The molecule has 0 aliphatic rings. The lowest BCUT2D eigenvalue weighted by molar-refractivity contribution is -0.140. The maximum Gasteiger partial charge on any atom is 0.419 e. The smallest absolute Gasteiger partial charge is 0.330 e. The molecule has 1 aromatic rings. The highest BCUT2D eigenvalue weighted by Crippen LogP contribution is 2.36. The Labute approximate surface area is 96.6 Å². The lowest BCUT2D eigenvalue weighted by Gasteiger charge is -2.18. The van der Waals surface area contributed by atoms with Crippen molar-refractivity contribution in [3.8, 4) is 0 Å². The zero-order valence-electron chi connectivity index (χ0n) is 9.10. The molecule has 2 nitrogen and oxygen atoms in total. The van der Waals surface area contributed by atoms with Gasteiger partial charge in [-0.05, 0) is 31.0 Å². The number of benzene rings is 1. The first kappa shape index (κ1) is 13.9. The minimum absolute atomic E-state index is 0.217. The monoisotopic (exact) mass is 250 g/mol. The molecule has 0 bridgehead atoms. The van der Waals surface area contributed by atoms with E-state index in [0.717, 1.165) is 6.07 Å². The third-order valence-corrected chi connectivity index (χ3v) is 2.45. The van der Waals surface area contributed by atoms with E-state index in [1.807, 2.05) is 0 Å². The van der Waals surface area contributed by atoms with E-state index in [1.54, 1.807) is 0 Å². The van der Waals surface area contributed by atoms with Crippen LogP contribution in [0.15, 0.2) is 18.2 Å². The summed E-state index contributed by atoms with van der Waals surface area (Å²) in [7, 11) is 0. The average molecular weight is 250 g/mol. The summed E-state index contributed by atoms with van der Waals surface area (Å²) < 4.78 is 51.2. The molecule has 0 aromatic heterocycles. The fraction of sp³-hybridized carbons (Fsp3) is 0.455. The molecule has 0 fully saturated rings. The van der Waals surface area contributed by atoms with Crippen LogP contribution in [0.1, 0.15) is 30.0 Å². The molecule has 96 valence electrons. The molecule has 0 saturated heterocycles. The molecule has 1 rings (SSSR count). The second-order valence-corrected chi connectivity index (χ2v) is 3.74. The molecule has 0 radical (unpaired) electrons. The van der Waals surface area contributed by atoms with Crippen molar-refractivity contribution >= 4 is 0 Å². The van der Waals surface area contributed by atoms with Crippen molar-refractivity contribution in [3.63, 3.8) is 0 Å². The maximum absolute atomic E-state index is 13.2. The van der Waals surface area contributed by atoms with Crippen LogP contribution >= 0.6 is 0 Å². The van der Waals surface area contributed by atoms with Crippen LogP contribution in [-0.2, 0) is 6.18 Å². The van der Waals surface area contributed by atoms with Crippen LogP contribution in [0.3, 0.4) is 0 Å². The van der Waals surface area contributed by atoms with E-state index in [-0.39, 0.29) is 5.56 Å². The number of hydrogen-bond acceptors (Lipinski definition) is 2. The summed E-state index contributed by atoms with van der Waals surface area (Å²) >= 11 is 0. The van der Waals surface area contributed by atoms with E-state index in [4.69, 9.17) is 11.5 Å². The van der Waals surface area contributed by atoms with Gasteiger partial charge in [0.2, 0.25) is 0 Å². The highest BCUT2D eigenvalue weighted by Gasteiger charge is 2.37. The number of hydrogen-bond donors (Lipinski definition) is 2.